The highest BCUT2D eigenvalue weighted by Crippen LogP contribution is 2.20. The molecule has 3 nitrogen and oxygen atoms in total. The van der Waals surface area contributed by atoms with Gasteiger partial charge in [-0.25, -0.2) is 4.98 Å². The minimum Gasteiger partial charge on any atom is -0.370 e. The van der Waals surface area contributed by atoms with Crippen molar-refractivity contribution in [1.29, 1.82) is 0 Å². The molecular formula is C14H17N3. The number of benzene rings is 1. The molecule has 0 saturated carbocycles. The lowest BCUT2D eigenvalue weighted by molar-refractivity contribution is 1.17. The van der Waals surface area contributed by atoms with Crippen LogP contribution in [0, 0.1) is 0 Å². The highest BCUT2D eigenvalue weighted by molar-refractivity contribution is 6.09. The molecule has 0 aliphatic heterocycles. The Hall–Kier alpha value is -1.90. The summed E-state index contributed by atoms with van der Waals surface area (Å²) in [6.45, 7) is 4.97. The lowest BCUT2D eigenvalue weighted by Crippen LogP contribution is -2.00. The lowest BCUT2D eigenvalue weighted by Gasteiger charge is -2.07. The van der Waals surface area contributed by atoms with Gasteiger partial charge in [-0.15, -0.1) is 0 Å². The molecule has 0 spiro atoms. The van der Waals surface area contributed by atoms with Gasteiger partial charge < -0.3 is 5.32 Å². The number of hydrogen-bond acceptors (Lipinski definition) is 3. The van der Waals surface area contributed by atoms with Crippen LogP contribution < -0.4 is 5.32 Å². The number of hydrogen-bond donors (Lipinski definition) is 1. The molecule has 0 atom stereocenters. The molecule has 0 amide bonds. The van der Waals surface area contributed by atoms with Crippen LogP contribution >= 0.6 is 0 Å². The summed E-state index contributed by atoms with van der Waals surface area (Å²) < 4.78 is 0. The zero-order chi connectivity index (χ0) is 12.3. The monoisotopic (exact) mass is 227 g/mol. The van der Waals surface area contributed by atoms with E-state index in [1.807, 2.05) is 32.2 Å². The van der Waals surface area contributed by atoms with Gasteiger partial charge in [-0.2, -0.15) is 0 Å². The van der Waals surface area contributed by atoms with Crippen molar-refractivity contribution in [2.24, 2.45) is 4.99 Å². The highest BCUT2D eigenvalue weighted by atomic mass is 15.0. The number of aliphatic imine (C=N–C) groups is 1. The van der Waals surface area contributed by atoms with Gasteiger partial charge in [0.05, 0.1) is 5.52 Å². The van der Waals surface area contributed by atoms with E-state index in [0.717, 1.165) is 34.5 Å². The summed E-state index contributed by atoms with van der Waals surface area (Å²) in [6.07, 6.45) is 0. The molecule has 0 bridgehead atoms. The van der Waals surface area contributed by atoms with Gasteiger partial charge in [0.15, 0.2) is 0 Å². The summed E-state index contributed by atoms with van der Waals surface area (Å²) in [4.78, 5) is 8.82. The van der Waals surface area contributed by atoms with Gasteiger partial charge in [0.25, 0.3) is 0 Å². The number of fused-ring (bicyclic) bond motifs is 1. The minimum atomic E-state index is 0.883. The minimum absolute atomic E-state index is 0.883. The first-order valence-electron chi connectivity index (χ1n) is 5.83. The Labute approximate surface area is 102 Å². The lowest BCUT2D eigenvalue weighted by atomic mass is 10.0. The van der Waals surface area contributed by atoms with Gasteiger partial charge in [-0.05, 0) is 32.0 Å². The number of nitrogens with one attached hydrogen (secondary N) is 1. The predicted octanol–water partition coefficient (Wildman–Crippen LogP) is 3.11. The van der Waals surface area contributed by atoms with Crippen LogP contribution in [0.1, 0.15) is 19.4 Å². The Bertz CT molecular complexity index is 558. The summed E-state index contributed by atoms with van der Waals surface area (Å²) in [5.41, 5.74) is 3.19. The van der Waals surface area contributed by atoms with Crippen LogP contribution in [0.25, 0.3) is 10.9 Å². The molecule has 0 aliphatic carbocycles. The van der Waals surface area contributed by atoms with E-state index >= 15 is 0 Å². The van der Waals surface area contributed by atoms with Crippen molar-refractivity contribution in [1.82, 2.24) is 4.98 Å². The topological polar surface area (TPSA) is 37.3 Å². The van der Waals surface area contributed by atoms with E-state index < -0.39 is 0 Å². The third-order valence-electron chi connectivity index (χ3n) is 2.81. The number of pyridine rings is 1. The fourth-order valence-electron chi connectivity index (χ4n) is 1.87. The first-order valence-corrected chi connectivity index (χ1v) is 5.83. The molecule has 2 aromatic rings. The molecule has 1 aromatic carbocycles. The Morgan fingerprint density at radius 2 is 2.12 bits per heavy atom. The van der Waals surface area contributed by atoms with Crippen molar-refractivity contribution >= 4 is 22.4 Å². The Morgan fingerprint density at radius 3 is 2.82 bits per heavy atom. The van der Waals surface area contributed by atoms with Crippen molar-refractivity contribution in [2.75, 3.05) is 18.9 Å². The Kier molecular flexibility index (Phi) is 3.38. The maximum absolute atomic E-state index is 4.58. The van der Waals surface area contributed by atoms with E-state index in [1.54, 1.807) is 0 Å². The molecule has 0 fully saturated rings. The third-order valence-corrected chi connectivity index (χ3v) is 2.81. The van der Waals surface area contributed by atoms with Crippen LogP contribution in [0.3, 0.4) is 0 Å². The maximum atomic E-state index is 4.58. The molecule has 17 heavy (non-hydrogen) atoms. The first-order chi connectivity index (χ1) is 8.26. The quantitative estimate of drug-likeness (QED) is 0.818. The Balaban J connectivity index is 2.59. The molecule has 1 heterocycles. The van der Waals surface area contributed by atoms with Crippen molar-refractivity contribution in [3.05, 3.63) is 35.9 Å². The van der Waals surface area contributed by atoms with Gasteiger partial charge >= 0.3 is 0 Å². The SMILES string of the molecule is CCNc1ccc2c(/C(C)=N/C)cccc2n1. The molecule has 0 radical (unpaired) electrons. The van der Waals surface area contributed by atoms with Crippen LogP contribution in [-0.2, 0) is 0 Å². The second-order valence-corrected chi connectivity index (χ2v) is 3.91. The molecule has 2 rings (SSSR count). The first kappa shape index (κ1) is 11.6. The van der Waals surface area contributed by atoms with E-state index in [2.05, 4.69) is 34.3 Å². The number of aromatic nitrogens is 1. The highest BCUT2D eigenvalue weighted by Gasteiger charge is 2.04. The molecule has 0 unspecified atom stereocenters. The van der Waals surface area contributed by atoms with Crippen LogP contribution in [0.5, 0.6) is 0 Å². The van der Waals surface area contributed by atoms with E-state index in [1.165, 1.54) is 0 Å². The summed E-state index contributed by atoms with van der Waals surface area (Å²) >= 11 is 0. The Morgan fingerprint density at radius 1 is 1.29 bits per heavy atom. The van der Waals surface area contributed by atoms with Gasteiger partial charge in [0, 0.05) is 30.3 Å². The number of rotatable bonds is 3. The molecule has 0 saturated heterocycles. The van der Waals surface area contributed by atoms with Crippen molar-refractivity contribution in [3.63, 3.8) is 0 Å². The standard InChI is InChI=1S/C14H17N3/c1-4-16-14-9-8-12-11(10(2)15-3)6-5-7-13(12)17-14/h5-9H,4H2,1-3H3,(H,16,17)/b15-10+. The average Bonchev–Trinajstić information content (AvgIpc) is 2.37. The molecule has 1 N–H and O–H groups in total. The predicted molar refractivity (Wildman–Crippen MR) is 74.0 cm³/mol. The average molecular weight is 227 g/mol. The van der Waals surface area contributed by atoms with Crippen LogP contribution in [-0.4, -0.2) is 24.3 Å². The summed E-state index contributed by atoms with van der Waals surface area (Å²) in [5, 5.41) is 4.37. The van der Waals surface area contributed by atoms with Crippen molar-refractivity contribution < 1.29 is 0 Å². The second-order valence-electron chi connectivity index (χ2n) is 3.91. The normalized spacial score (nSPS) is 11.8. The van der Waals surface area contributed by atoms with E-state index in [-0.39, 0.29) is 0 Å². The maximum Gasteiger partial charge on any atom is 0.126 e. The zero-order valence-corrected chi connectivity index (χ0v) is 10.5. The van der Waals surface area contributed by atoms with Gasteiger partial charge in [0.2, 0.25) is 0 Å². The number of anilines is 1. The molecule has 1 aromatic heterocycles. The van der Waals surface area contributed by atoms with Gasteiger partial charge in [0.1, 0.15) is 5.82 Å². The largest absolute Gasteiger partial charge is 0.370 e. The third kappa shape index (κ3) is 2.28. The van der Waals surface area contributed by atoms with Gasteiger partial charge in [-0.1, -0.05) is 12.1 Å². The van der Waals surface area contributed by atoms with Crippen LogP contribution in [0.15, 0.2) is 35.3 Å². The van der Waals surface area contributed by atoms with Crippen molar-refractivity contribution in [3.8, 4) is 0 Å². The summed E-state index contributed by atoms with van der Waals surface area (Å²) in [7, 11) is 1.81. The smallest absolute Gasteiger partial charge is 0.126 e. The van der Waals surface area contributed by atoms with E-state index in [0.29, 0.717) is 0 Å². The van der Waals surface area contributed by atoms with Crippen molar-refractivity contribution in [2.45, 2.75) is 13.8 Å². The number of nitrogens with zero attached hydrogens (tertiary/aromatic N) is 2. The molecule has 3 heteroatoms. The zero-order valence-electron chi connectivity index (χ0n) is 10.5. The summed E-state index contributed by atoms with van der Waals surface area (Å²) in [6, 6.07) is 10.2. The second kappa shape index (κ2) is 4.95. The molecular weight excluding hydrogens is 210 g/mol. The van der Waals surface area contributed by atoms with Crippen LogP contribution in [0.4, 0.5) is 5.82 Å². The molecule has 88 valence electrons. The fourth-order valence-corrected chi connectivity index (χ4v) is 1.87. The van der Waals surface area contributed by atoms with Crippen LogP contribution in [0.2, 0.25) is 0 Å². The summed E-state index contributed by atoms with van der Waals surface area (Å²) in [5.74, 6) is 0.920. The molecule has 0 aliphatic rings. The van der Waals surface area contributed by atoms with Gasteiger partial charge in [-0.3, -0.25) is 4.99 Å². The van der Waals surface area contributed by atoms with E-state index in [4.69, 9.17) is 0 Å². The fraction of sp³-hybridized carbons (Fsp3) is 0.286. The van der Waals surface area contributed by atoms with E-state index in [9.17, 15) is 0 Å².